The molecular formula is C15H26Br2N2O4. The largest absolute Gasteiger partial charge is 0.480 e. The molecule has 0 aliphatic heterocycles. The number of hydrogen-bond donors (Lipinski definition) is 3. The molecule has 0 aromatic rings. The predicted molar refractivity (Wildman–Crippen MR) is 98.5 cm³/mol. The Morgan fingerprint density at radius 2 is 1.70 bits per heavy atom. The average molecular weight is 458 g/mol. The van der Waals surface area contributed by atoms with E-state index in [4.69, 9.17) is 16.6 Å². The minimum Gasteiger partial charge on any atom is -0.480 e. The van der Waals surface area contributed by atoms with Gasteiger partial charge in [-0.25, -0.2) is 0 Å². The number of unbranched alkanes of at least 4 members (excludes halogenated alkanes) is 2. The van der Waals surface area contributed by atoms with Gasteiger partial charge >= 0.3 is 5.97 Å². The maximum absolute atomic E-state index is 11.4. The standard InChI is InChI=1S/C10H15Br2NO2.C5H11NO2/c1-2-3-4-5-7(14)6-8(9(11)12)10(13)15;1-3(2)4(6)5(7)8/h6,9H,2-5H2,1H3,(H2,13,15);3-4H,6H2,1-2H3,(H,7,8)/t;4-/m.0/s1. The van der Waals surface area contributed by atoms with Gasteiger partial charge in [0.25, 0.3) is 0 Å². The van der Waals surface area contributed by atoms with E-state index in [0.29, 0.717) is 6.42 Å². The maximum atomic E-state index is 11.4. The molecule has 8 heteroatoms. The summed E-state index contributed by atoms with van der Waals surface area (Å²) in [6.07, 6.45) is 4.73. The molecule has 0 unspecified atom stereocenters. The SMILES string of the molecule is CC(C)[C@H](N)C(=O)O.CCCCCC(=O)C=C(C(N)=O)C(Br)Br. The predicted octanol–water partition coefficient (Wildman–Crippen LogP) is 2.72. The van der Waals surface area contributed by atoms with E-state index in [1.54, 1.807) is 13.8 Å². The summed E-state index contributed by atoms with van der Waals surface area (Å²) in [5.74, 6) is -1.55. The lowest BCUT2D eigenvalue weighted by atomic mass is 10.1. The summed E-state index contributed by atoms with van der Waals surface area (Å²) in [7, 11) is 0. The summed E-state index contributed by atoms with van der Waals surface area (Å²) in [5.41, 5.74) is 10.5. The zero-order chi connectivity index (χ0) is 18.6. The van der Waals surface area contributed by atoms with Crippen molar-refractivity contribution in [2.45, 2.75) is 56.2 Å². The quantitative estimate of drug-likeness (QED) is 0.279. The molecule has 0 radical (unpaired) electrons. The second kappa shape index (κ2) is 13.7. The number of aliphatic carboxylic acids is 1. The van der Waals surface area contributed by atoms with Crippen LogP contribution in [0.15, 0.2) is 11.6 Å². The number of nitrogens with two attached hydrogens (primary N) is 2. The highest BCUT2D eigenvalue weighted by Gasteiger charge is 2.15. The van der Waals surface area contributed by atoms with Crippen molar-refractivity contribution in [1.82, 2.24) is 0 Å². The molecule has 5 N–H and O–H groups in total. The number of ketones is 1. The molecule has 0 aromatic heterocycles. The molecule has 0 bridgehead atoms. The fraction of sp³-hybridized carbons (Fsp3) is 0.667. The number of halogens is 2. The summed E-state index contributed by atoms with van der Waals surface area (Å²) in [4.78, 5) is 32.4. The van der Waals surface area contributed by atoms with E-state index in [2.05, 4.69) is 38.8 Å². The zero-order valence-corrected chi connectivity index (χ0v) is 16.9. The molecule has 1 atom stereocenters. The summed E-state index contributed by atoms with van der Waals surface area (Å²) in [6, 6.07) is -0.713. The molecule has 0 aliphatic carbocycles. The van der Waals surface area contributed by atoms with Crippen LogP contribution in [-0.4, -0.2) is 32.5 Å². The molecule has 0 heterocycles. The van der Waals surface area contributed by atoms with Crippen molar-refractivity contribution in [3.63, 3.8) is 0 Å². The number of alkyl halides is 2. The van der Waals surface area contributed by atoms with Gasteiger partial charge in [-0.2, -0.15) is 0 Å². The number of amides is 1. The van der Waals surface area contributed by atoms with Crippen molar-refractivity contribution < 1.29 is 19.5 Å². The molecule has 0 fully saturated rings. The monoisotopic (exact) mass is 456 g/mol. The van der Waals surface area contributed by atoms with Gasteiger partial charge < -0.3 is 16.6 Å². The van der Waals surface area contributed by atoms with E-state index >= 15 is 0 Å². The summed E-state index contributed by atoms with van der Waals surface area (Å²) in [5, 5.41) is 8.23. The Labute approximate surface area is 154 Å². The van der Waals surface area contributed by atoms with Gasteiger partial charge in [0.05, 0.1) is 0 Å². The summed E-state index contributed by atoms with van der Waals surface area (Å²) >= 11 is 6.29. The van der Waals surface area contributed by atoms with E-state index in [-0.39, 0.29) is 21.0 Å². The van der Waals surface area contributed by atoms with Crippen LogP contribution in [0, 0.1) is 5.92 Å². The Bertz CT molecular complexity index is 424. The third kappa shape index (κ3) is 13.4. The second-order valence-electron chi connectivity index (χ2n) is 5.30. The van der Waals surface area contributed by atoms with Gasteiger partial charge in [0.15, 0.2) is 5.78 Å². The molecule has 0 spiro atoms. The molecule has 0 aliphatic rings. The van der Waals surface area contributed by atoms with Crippen molar-refractivity contribution in [2.24, 2.45) is 17.4 Å². The smallest absolute Gasteiger partial charge is 0.320 e. The van der Waals surface area contributed by atoms with Gasteiger partial charge in [-0.3, -0.25) is 14.4 Å². The number of carboxylic acids is 1. The first-order valence-electron chi connectivity index (χ1n) is 7.35. The van der Waals surface area contributed by atoms with Gasteiger partial charge in [0.2, 0.25) is 5.91 Å². The van der Waals surface area contributed by atoms with Gasteiger partial charge in [-0.15, -0.1) is 0 Å². The lowest BCUT2D eigenvalue weighted by Crippen LogP contribution is -2.34. The number of carbonyl (C=O) groups excluding carboxylic acids is 2. The first-order valence-corrected chi connectivity index (χ1v) is 9.18. The highest BCUT2D eigenvalue weighted by Crippen LogP contribution is 2.19. The zero-order valence-electron chi connectivity index (χ0n) is 13.7. The van der Waals surface area contributed by atoms with Gasteiger partial charge in [0.1, 0.15) is 9.78 Å². The van der Waals surface area contributed by atoms with Crippen LogP contribution in [0.25, 0.3) is 0 Å². The fourth-order valence-corrected chi connectivity index (χ4v) is 2.04. The van der Waals surface area contributed by atoms with Crippen LogP contribution in [0.2, 0.25) is 0 Å². The molecular weight excluding hydrogens is 432 g/mol. The van der Waals surface area contributed by atoms with Crippen LogP contribution in [0.1, 0.15) is 46.5 Å². The van der Waals surface area contributed by atoms with Crippen LogP contribution in [0.4, 0.5) is 0 Å². The van der Waals surface area contributed by atoms with E-state index < -0.39 is 17.9 Å². The second-order valence-corrected chi connectivity index (χ2v) is 8.36. The fourth-order valence-electron chi connectivity index (χ4n) is 1.32. The molecule has 1 amide bonds. The Balaban J connectivity index is 0. The Morgan fingerprint density at radius 1 is 1.17 bits per heavy atom. The van der Waals surface area contributed by atoms with E-state index in [0.717, 1.165) is 19.3 Å². The van der Waals surface area contributed by atoms with E-state index in [9.17, 15) is 14.4 Å². The number of rotatable bonds is 9. The molecule has 0 saturated carbocycles. The average Bonchev–Trinajstić information content (AvgIpc) is 2.43. The number of primary amides is 1. The van der Waals surface area contributed by atoms with Crippen molar-refractivity contribution >= 4 is 49.5 Å². The van der Waals surface area contributed by atoms with Crippen LogP contribution < -0.4 is 11.5 Å². The van der Waals surface area contributed by atoms with Crippen molar-refractivity contribution in [2.75, 3.05) is 0 Å². The van der Waals surface area contributed by atoms with Gasteiger partial charge in [-0.1, -0.05) is 65.5 Å². The minimum atomic E-state index is -0.931. The van der Waals surface area contributed by atoms with Crippen molar-refractivity contribution in [3.8, 4) is 0 Å². The normalized spacial score (nSPS) is 12.6. The molecule has 0 rings (SSSR count). The highest BCUT2D eigenvalue weighted by molar-refractivity contribution is 9.24. The number of allylic oxidation sites excluding steroid dienone is 1. The van der Waals surface area contributed by atoms with Crippen LogP contribution in [0.5, 0.6) is 0 Å². The van der Waals surface area contributed by atoms with Gasteiger partial charge in [-0.05, 0) is 18.4 Å². The van der Waals surface area contributed by atoms with Crippen LogP contribution in [0.3, 0.4) is 0 Å². The molecule has 6 nitrogen and oxygen atoms in total. The maximum Gasteiger partial charge on any atom is 0.320 e. The lowest BCUT2D eigenvalue weighted by molar-refractivity contribution is -0.139. The molecule has 23 heavy (non-hydrogen) atoms. The molecule has 134 valence electrons. The Hall–Kier alpha value is -0.730. The number of carbonyl (C=O) groups is 3. The molecule has 0 aromatic carbocycles. The van der Waals surface area contributed by atoms with Crippen molar-refractivity contribution in [1.29, 1.82) is 0 Å². The highest BCUT2D eigenvalue weighted by atomic mass is 79.9. The van der Waals surface area contributed by atoms with E-state index in [1.165, 1.54) is 6.08 Å². The van der Waals surface area contributed by atoms with Gasteiger partial charge in [0, 0.05) is 12.0 Å². The number of hydrogen-bond acceptors (Lipinski definition) is 4. The Morgan fingerprint density at radius 3 is 1.96 bits per heavy atom. The third-order valence-electron chi connectivity index (χ3n) is 2.87. The third-order valence-corrected chi connectivity index (χ3v) is 3.85. The summed E-state index contributed by atoms with van der Waals surface area (Å²) < 4.78 is -0.363. The molecule has 0 saturated heterocycles. The minimum absolute atomic E-state index is 0.0208. The summed E-state index contributed by atoms with van der Waals surface area (Å²) in [6.45, 7) is 5.62. The first kappa shape index (κ1) is 24.5. The van der Waals surface area contributed by atoms with Crippen LogP contribution in [-0.2, 0) is 14.4 Å². The Kier molecular flexibility index (Phi) is 14.6. The topological polar surface area (TPSA) is 123 Å². The number of carboxylic acid groups (broad SMARTS) is 1. The van der Waals surface area contributed by atoms with Crippen molar-refractivity contribution in [3.05, 3.63) is 11.6 Å². The first-order chi connectivity index (χ1) is 10.5. The lowest BCUT2D eigenvalue weighted by Gasteiger charge is -2.07. The van der Waals surface area contributed by atoms with Crippen LogP contribution >= 0.6 is 31.9 Å². The van der Waals surface area contributed by atoms with E-state index in [1.807, 2.05) is 0 Å².